The van der Waals surface area contributed by atoms with E-state index in [-0.39, 0.29) is 5.91 Å². The van der Waals surface area contributed by atoms with Crippen LogP contribution in [0.1, 0.15) is 16.1 Å². The molecule has 0 radical (unpaired) electrons. The van der Waals surface area contributed by atoms with Crippen LogP contribution in [0.25, 0.3) is 10.9 Å². The number of nitrogens with zero attached hydrogens (tertiary/aromatic N) is 3. The van der Waals surface area contributed by atoms with Gasteiger partial charge in [0, 0.05) is 38.8 Å². The first-order valence-electron chi connectivity index (χ1n) is 7.92. The highest BCUT2D eigenvalue weighted by molar-refractivity contribution is 5.94. The summed E-state index contributed by atoms with van der Waals surface area (Å²) in [6, 6.07) is 19.8. The van der Waals surface area contributed by atoms with Crippen molar-refractivity contribution in [2.75, 3.05) is 26.0 Å². The molecule has 0 aliphatic rings. The minimum atomic E-state index is -0.0718. The third-order valence-electron chi connectivity index (χ3n) is 4.04. The minimum absolute atomic E-state index is 0.0718. The molecule has 122 valence electrons. The molecule has 4 nitrogen and oxygen atoms in total. The van der Waals surface area contributed by atoms with E-state index in [0.29, 0.717) is 12.2 Å². The van der Waals surface area contributed by atoms with Gasteiger partial charge in [0.2, 0.25) is 0 Å². The van der Waals surface area contributed by atoms with E-state index < -0.39 is 0 Å². The van der Waals surface area contributed by atoms with Crippen LogP contribution in [0.2, 0.25) is 0 Å². The lowest BCUT2D eigenvalue weighted by Crippen LogP contribution is -2.27. The molecule has 0 saturated heterocycles. The Kier molecular flexibility index (Phi) is 4.47. The molecule has 0 unspecified atom stereocenters. The van der Waals surface area contributed by atoms with Crippen molar-refractivity contribution < 1.29 is 4.79 Å². The number of amides is 1. The number of carbonyl (C=O) groups excluding carboxylic acids is 1. The zero-order valence-corrected chi connectivity index (χ0v) is 14.2. The molecule has 24 heavy (non-hydrogen) atoms. The Morgan fingerprint density at radius 3 is 2.33 bits per heavy atom. The topological polar surface area (TPSA) is 36.4 Å². The third-order valence-corrected chi connectivity index (χ3v) is 4.04. The molecule has 0 spiro atoms. The maximum Gasteiger partial charge on any atom is 0.272 e. The van der Waals surface area contributed by atoms with Crippen LogP contribution in [0, 0.1) is 0 Å². The zero-order chi connectivity index (χ0) is 17.1. The first-order valence-corrected chi connectivity index (χ1v) is 7.92. The molecule has 0 bridgehead atoms. The predicted octanol–water partition coefficient (Wildman–Crippen LogP) is 3.57. The average molecular weight is 319 g/mol. The summed E-state index contributed by atoms with van der Waals surface area (Å²) in [6.07, 6.45) is 0. The number of fused-ring (bicyclic) bond motifs is 1. The third kappa shape index (κ3) is 3.38. The highest BCUT2D eigenvalue weighted by Crippen LogP contribution is 2.16. The minimum Gasteiger partial charge on any atom is -0.378 e. The Labute approximate surface area is 142 Å². The standard InChI is InChI=1S/C20H21N3O/c1-22(2)17-11-8-15(9-12-17)14-23(3)20(24)19-13-10-16-6-4-5-7-18(16)21-19/h4-13H,14H2,1-3H3. The van der Waals surface area contributed by atoms with Crippen molar-refractivity contribution in [3.8, 4) is 0 Å². The number of pyridine rings is 1. The Bertz CT molecular complexity index is 856. The molecule has 4 heteroatoms. The summed E-state index contributed by atoms with van der Waals surface area (Å²) in [7, 11) is 5.82. The van der Waals surface area contributed by atoms with Crippen molar-refractivity contribution in [3.05, 3.63) is 71.9 Å². The first kappa shape index (κ1) is 16.0. The molecule has 3 aromatic rings. The molecule has 0 atom stereocenters. The second kappa shape index (κ2) is 6.71. The van der Waals surface area contributed by atoms with E-state index >= 15 is 0 Å². The van der Waals surface area contributed by atoms with Gasteiger partial charge in [-0.05, 0) is 29.8 Å². The number of hydrogen-bond donors (Lipinski definition) is 0. The van der Waals surface area contributed by atoms with E-state index in [9.17, 15) is 4.79 Å². The second-order valence-corrected chi connectivity index (χ2v) is 6.11. The lowest BCUT2D eigenvalue weighted by Gasteiger charge is -2.18. The predicted molar refractivity (Wildman–Crippen MR) is 98.3 cm³/mol. The van der Waals surface area contributed by atoms with Gasteiger partial charge in [-0.25, -0.2) is 4.98 Å². The molecule has 1 aromatic heterocycles. The van der Waals surface area contributed by atoms with Crippen LogP contribution < -0.4 is 4.90 Å². The number of rotatable bonds is 4. The molecule has 2 aromatic carbocycles. The van der Waals surface area contributed by atoms with E-state index in [1.54, 1.807) is 18.0 Å². The quantitative estimate of drug-likeness (QED) is 0.737. The number of hydrogen-bond acceptors (Lipinski definition) is 3. The van der Waals surface area contributed by atoms with Crippen LogP contribution in [0.4, 0.5) is 5.69 Å². The molecule has 0 saturated carbocycles. The maximum absolute atomic E-state index is 12.6. The molecule has 3 rings (SSSR count). The fourth-order valence-corrected chi connectivity index (χ4v) is 2.63. The van der Waals surface area contributed by atoms with Crippen LogP contribution in [-0.4, -0.2) is 36.9 Å². The molecule has 1 heterocycles. The summed E-state index contributed by atoms with van der Waals surface area (Å²) in [5, 5.41) is 1.04. The van der Waals surface area contributed by atoms with Gasteiger partial charge < -0.3 is 9.80 Å². The van der Waals surface area contributed by atoms with Gasteiger partial charge in [-0.3, -0.25) is 4.79 Å². The normalized spacial score (nSPS) is 10.6. The summed E-state index contributed by atoms with van der Waals surface area (Å²) < 4.78 is 0. The summed E-state index contributed by atoms with van der Waals surface area (Å²) >= 11 is 0. The van der Waals surface area contributed by atoms with Crippen molar-refractivity contribution in [1.29, 1.82) is 0 Å². The smallest absolute Gasteiger partial charge is 0.272 e. The second-order valence-electron chi connectivity index (χ2n) is 6.11. The molecule has 1 amide bonds. The average Bonchev–Trinajstić information content (AvgIpc) is 2.61. The number of aromatic nitrogens is 1. The lowest BCUT2D eigenvalue weighted by atomic mass is 10.1. The Morgan fingerprint density at radius 2 is 1.62 bits per heavy atom. The van der Waals surface area contributed by atoms with Gasteiger partial charge in [0.1, 0.15) is 5.69 Å². The van der Waals surface area contributed by atoms with Crippen LogP contribution in [0.5, 0.6) is 0 Å². The SMILES string of the molecule is CN(Cc1ccc(N(C)C)cc1)C(=O)c1ccc2ccccc2n1. The number of benzene rings is 2. The highest BCUT2D eigenvalue weighted by Gasteiger charge is 2.14. The number of carbonyl (C=O) groups is 1. The molecular formula is C20H21N3O. The van der Waals surface area contributed by atoms with Gasteiger partial charge in [-0.1, -0.05) is 36.4 Å². The summed E-state index contributed by atoms with van der Waals surface area (Å²) in [4.78, 5) is 20.8. The van der Waals surface area contributed by atoms with E-state index in [1.165, 1.54) is 0 Å². The fraction of sp³-hybridized carbons (Fsp3) is 0.200. The Morgan fingerprint density at radius 1 is 0.917 bits per heavy atom. The summed E-state index contributed by atoms with van der Waals surface area (Å²) in [5.74, 6) is -0.0718. The van der Waals surface area contributed by atoms with Crippen LogP contribution in [0.3, 0.4) is 0 Å². The zero-order valence-electron chi connectivity index (χ0n) is 14.2. The lowest BCUT2D eigenvalue weighted by molar-refractivity contribution is 0.0779. The number of para-hydroxylation sites is 1. The van der Waals surface area contributed by atoms with E-state index in [4.69, 9.17) is 0 Å². The Hall–Kier alpha value is -2.88. The van der Waals surface area contributed by atoms with Crippen molar-refractivity contribution in [3.63, 3.8) is 0 Å². The number of anilines is 1. The summed E-state index contributed by atoms with van der Waals surface area (Å²) in [5.41, 5.74) is 3.55. The molecule has 0 fully saturated rings. The van der Waals surface area contributed by atoms with E-state index in [0.717, 1.165) is 22.2 Å². The van der Waals surface area contributed by atoms with E-state index in [2.05, 4.69) is 22.0 Å². The maximum atomic E-state index is 12.6. The summed E-state index contributed by atoms with van der Waals surface area (Å²) in [6.45, 7) is 0.557. The highest BCUT2D eigenvalue weighted by atomic mass is 16.2. The molecule has 0 aliphatic carbocycles. The van der Waals surface area contributed by atoms with Crippen molar-refractivity contribution >= 4 is 22.5 Å². The molecule has 0 aliphatic heterocycles. The fourth-order valence-electron chi connectivity index (χ4n) is 2.63. The van der Waals surface area contributed by atoms with Crippen molar-refractivity contribution in [2.45, 2.75) is 6.54 Å². The van der Waals surface area contributed by atoms with Crippen LogP contribution in [0.15, 0.2) is 60.7 Å². The van der Waals surface area contributed by atoms with Gasteiger partial charge in [-0.2, -0.15) is 0 Å². The van der Waals surface area contributed by atoms with E-state index in [1.807, 2.05) is 56.6 Å². The molecular weight excluding hydrogens is 298 g/mol. The van der Waals surface area contributed by atoms with Gasteiger partial charge in [0.05, 0.1) is 5.52 Å². The van der Waals surface area contributed by atoms with Gasteiger partial charge in [0.15, 0.2) is 0 Å². The van der Waals surface area contributed by atoms with Gasteiger partial charge in [0.25, 0.3) is 5.91 Å². The van der Waals surface area contributed by atoms with Crippen LogP contribution in [-0.2, 0) is 6.54 Å². The van der Waals surface area contributed by atoms with Gasteiger partial charge in [-0.15, -0.1) is 0 Å². The largest absolute Gasteiger partial charge is 0.378 e. The molecule has 0 N–H and O–H groups in total. The Balaban J connectivity index is 1.75. The van der Waals surface area contributed by atoms with Crippen molar-refractivity contribution in [2.24, 2.45) is 0 Å². The first-order chi connectivity index (χ1) is 11.5. The monoisotopic (exact) mass is 319 g/mol. The van der Waals surface area contributed by atoms with Crippen LogP contribution >= 0.6 is 0 Å². The van der Waals surface area contributed by atoms with Gasteiger partial charge >= 0.3 is 0 Å². The van der Waals surface area contributed by atoms with Crippen molar-refractivity contribution in [1.82, 2.24) is 9.88 Å².